The van der Waals surface area contributed by atoms with Crippen molar-refractivity contribution >= 4 is 17.6 Å². The van der Waals surface area contributed by atoms with Crippen molar-refractivity contribution in [2.45, 2.75) is 12.8 Å². The van der Waals surface area contributed by atoms with Crippen LogP contribution in [0, 0.1) is 0 Å². The Hall–Kier alpha value is -1.09. The van der Waals surface area contributed by atoms with Gasteiger partial charge in [0.15, 0.2) is 0 Å². The normalized spacial score (nSPS) is 9.69. The molecule has 0 aliphatic rings. The Bertz CT molecular complexity index is 301. The SMILES string of the molecule is COC(=O)CCc1cnccc1Cl. The van der Waals surface area contributed by atoms with Gasteiger partial charge in [0.25, 0.3) is 0 Å². The lowest BCUT2D eigenvalue weighted by atomic mass is 10.1. The molecule has 0 bridgehead atoms. The van der Waals surface area contributed by atoms with Gasteiger partial charge in [-0.25, -0.2) is 0 Å². The number of hydrogen-bond acceptors (Lipinski definition) is 3. The van der Waals surface area contributed by atoms with Gasteiger partial charge < -0.3 is 4.74 Å². The van der Waals surface area contributed by atoms with Crippen molar-refractivity contribution in [1.29, 1.82) is 0 Å². The molecule has 0 unspecified atom stereocenters. The summed E-state index contributed by atoms with van der Waals surface area (Å²) >= 11 is 5.86. The number of carbonyl (C=O) groups excluding carboxylic acids is 1. The number of esters is 1. The zero-order valence-corrected chi connectivity index (χ0v) is 8.04. The Labute approximate surface area is 81.7 Å². The molecule has 0 saturated carbocycles. The lowest BCUT2D eigenvalue weighted by Crippen LogP contribution is -2.02. The van der Waals surface area contributed by atoms with Crippen LogP contribution in [0.2, 0.25) is 5.02 Å². The highest BCUT2D eigenvalue weighted by Crippen LogP contribution is 2.15. The smallest absolute Gasteiger partial charge is 0.305 e. The van der Waals surface area contributed by atoms with Crippen LogP contribution >= 0.6 is 11.6 Å². The van der Waals surface area contributed by atoms with Crippen LogP contribution in [0.3, 0.4) is 0 Å². The van der Waals surface area contributed by atoms with E-state index in [1.165, 1.54) is 7.11 Å². The summed E-state index contributed by atoms with van der Waals surface area (Å²) in [5.41, 5.74) is 0.870. The third-order valence-corrected chi connectivity index (χ3v) is 2.04. The quantitative estimate of drug-likeness (QED) is 0.698. The number of pyridine rings is 1. The molecule has 4 heteroatoms. The highest BCUT2D eigenvalue weighted by atomic mass is 35.5. The van der Waals surface area contributed by atoms with Gasteiger partial charge in [0.1, 0.15) is 0 Å². The number of hydrogen-bond donors (Lipinski definition) is 0. The molecule has 0 aliphatic heterocycles. The molecule has 0 spiro atoms. The number of halogens is 1. The molecule has 0 radical (unpaired) electrons. The summed E-state index contributed by atoms with van der Waals surface area (Å²) in [6, 6.07) is 1.70. The lowest BCUT2D eigenvalue weighted by Gasteiger charge is -2.01. The van der Waals surface area contributed by atoms with Gasteiger partial charge in [-0.05, 0) is 18.1 Å². The number of carbonyl (C=O) groups is 1. The number of ether oxygens (including phenoxy) is 1. The van der Waals surface area contributed by atoms with Crippen molar-refractivity contribution in [2.75, 3.05) is 7.11 Å². The van der Waals surface area contributed by atoms with Crippen molar-refractivity contribution in [3.63, 3.8) is 0 Å². The molecule has 0 saturated heterocycles. The van der Waals surface area contributed by atoms with Crippen LogP contribution in [0.4, 0.5) is 0 Å². The summed E-state index contributed by atoms with van der Waals surface area (Å²) in [5, 5.41) is 0.638. The Morgan fingerprint density at radius 2 is 2.46 bits per heavy atom. The fraction of sp³-hybridized carbons (Fsp3) is 0.333. The van der Waals surface area contributed by atoms with Gasteiger partial charge in [-0.3, -0.25) is 9.78 Å². The standard InChI is InChI=1S/C9H10ClNO2/c1-13-9(12)3-2-7-6-11-5-4-8(7)10/h4-6H,2-3H2,1H3. The van der Waals surface area contributed by atoms with Crippen LogP contribution in [0.5, 0.6) is 0 Å². The first kappa shape index (κ1) is 9.99. The second kappa shape index (κ2) is 4.82. The molecule has 3 nitrogen and oxygen atoms in total. The first-order chi connectivity index (χ1) is 6.24. The molecule has 0 amide bonds. The summed E-state index contributed by atoms with van der Waals surface area (Å²) in [6.07, 6.45) is 4.18. The van der Waals surface area contributed by atoms with Crippen molar-refractivity contribution < 1.29 is 9.53 Å². The zero-order valence-electron chi connectivity index (χ0n) is 7.29. The molecule has 13 heavy (non-hydrogen) atoms. The highest BCUT2D eigenvalue weighted by molar-refractivity contribution is 6.31. The molecule has 0 fully saturated rings. The van der Waals surface area contributed by atoms with E-state index < -0.39 is 0 Å². The van der Waals surface area contributed by atoms with E-state index in [-0.39, 0.29) is 5.97 Å². The van der Waals surface area contributed by atoms with Gasteiger partial charge in [0.2, 0.25) is 0 Å². The summed E-state index contributed by atoms with van der Waals surface area (Å²) in [7, 11) is 1.37. The maximum absolute atomic E-state index is 10.8. The van der Waals surface area contributed by atoms with Crippen LogP contribution < -0.4 is 0 Å². The average molecular weight is 200 g/mol. The third-order valence-electron chi connectivity index (χ3n) is 1.67. The molecule has 0 aliphatic carbocycles. The number of rotatable bonds is 3. The van der Waals surface area contributed by atoms with Gasteiger partial charge in [0, 0.05) is 23.8 Å². The van der Waals surface area contributed by atoms with Crippen LogP contribution in [-0.2, 0) is 16.0 Å². The molecule has 0 N–H and O–H groups in total. The Morgan fingerprint density at radius 1 is 1.69 bits per heavy atom. The van der Waals surface area contributed by atoms with Gasteiger partial charge in [-0.15, -0.1) is 0 Å². The maximum atomic E-state index is 10.8. The van der Waals surface area contributed by atoms with E-state index in [2.05, 4.69) is 9.72 Å². The Balaban J connectivity index is 2.54. The van der Waals surface area contributed by atoms with Crippen molar-refractivity contribution in [3.8, 4) is 0 Å². The van der Waals surface area contributed by atoms with Crippen molar-refractivity contribution in [2.24, 2.45) is 0 Å². The van der Waals surface area contributed by atoms with Crippen molar-refractivity contribution in [1.82, 2.24) is 4.98 Å². The fourth-order valence-corrected chi connectivity index (χ4v) is 1.13. The molecular formula is C9H10ClNO2. The molecule has 0 atom stereocenters. The first-order valence-corrected chi connectivity index (χ1v) is 4.27. The van der Waals surface area contributed by atoms with E-state index in [1.54, 1.807) is 18.5 Å². The van der Waals surface area contributed by atoms with Crippen LogP contribution in [0.1, 0.15) is 12.0 Å². The van der Waals surface area contributed by atoms with E-state index in [0.29, 0.717) is 17.9 Å². The third kappa shape index (κ3) is 3.03. The fourth-order valence-electron chi connectivity index (χ4n) is 0.933. The van der Waals surface area contributed by atoms with Crippen LogP contribution in [0.15, 0.2) is 18.5 Å². The van der Waals surface area contributed by atoms with Crippen LogP contribution in [0.25, 0.3) is 0 Å². The monoisotopic (exact) mass is 199 g/mol. The van der Waals surface area contributed by atoms with Crippen molar-refractivity contribution in [3.05, 3.63) is 29.0 Å². The van der Waals surface area contributed by atoms with E-state index >= 15 is 0 Å². The Morgan fingerprint density at radius 3 is 3.08 bits per heavy atom. The zero-order chi connectivity index (χ0) is 9.68. The summed E-state index contributed by atoms with van der Waals surface area (Å²) in [5.74, 6) is -0.236. The predicted octanol–water partition coefficient (Wildman–Crippen LogP) is 1.84. The number of aryl methyl sites for hydroxylation is 1. The van der Waals surface area contributed by atoms with Gasteiger partial charge in [-0.2, -0.15) is 0 Å². The molecule has 70 valence electrons. The predicted molar refractivity (Wildman–Crippen MR) is 49.6 cm³/mol. The second-order valence-electron chi connectivity index (χ2n) is 2.54. The van der Waals surface area contributed by atoms with Gasteiger partial charge in [0.05, 0.1) is 7.11 Å². The summed E-state index contributed by atoms with van der Waals surface area (Å²) in [6.45, 7) is 0. The molecular weight excluding hydrogens is 190 g/mol. The van der Waals surface area contributed by atoms with Gasteiger partial charge in [-0.1, -0.05) is 11.6 Å². The molecule has 0 aromatic carbocycles. The minimum atomic E-state index is -0.236. The Kier molecular flexibility index (Phi) is 3.71. The maximum Gasteiger partial charge on any atom is 0.305 e. The van der Waals surface area contributed by atoms with E-state index in [1.807, 2.05) is 0 Å². The topological polar surface area (TPSA) is 39.2 Å². The summed E-state index contributed by atoms with van der Waals surface area (Å²) < 4.78 is 4.51. The minimum absolute atomic E-state index is 0.236. The van der Waals surface area contributed by atoms with E-state index in [0.717, 1.165) is 5.56 Å². The van der Waals surface area contributed by atoms with Crippen LogP contribution in [-0.4, -0.2) is 18.1 Å². The molecule has 1 rings (SSSR count). The summed E-state index contributed by atoms with van der Waals surface area (Å²) in [4.78, 5) is 14.7. The number of nitrogens with zero attached hydrogens (tertiary/aromatic N) is 1. The lowest BCUT2D eigenvalue weighted by molar-refractivity contribution is -0.140. The van der Waals surface area contributed by atoms with E-state index in [9.17, 15) is 4.79 Å². The molecule has 1 aromatic rings. The number of aromatic nitrogens is 1. The second-order valence-corrected chi connectivity index (χ2v) is 2.95. The average Bonchev–Trinajstić information content (AvgIpc) is 2.16. The number of methoxy groups -OCH3 is 1. The largest absolute Gasteiger partial charge is 0.469 e. The highest BCUT2D eigenvalue weighted by Gasteiger charge is 2.04. The van der Waals surface area contributed by atoms with Gasteiger partial charge >= 0.3 is 5.97 Å². The molecule has 1 heterocycles. The van der Waals surface area contributed by atoms with E-state index in [4.69, 9.17) is 11.6 Å². The first-order valence-electron chi connectivity index (χ1n) is 3.89. The molecule has 1 aromatic heterocycles. The minimum Gasteiger partial charge on any atom is -0.469 e.